The van der Waals surface area contributed by atoms with Crippen molar-refractivity contribution in [2.45, 2.75) is 17.9 Å². The Hall–Kier alpha value is -0.980. The molecule has 0 radical (unpaired) electrons. The molecule has 1 rings (SSSR count). The number of nitrogens with two attached hydrogens (primary N) is 1. The summed E-state index contributed by atoms with van der Waals surface area (Å²) in [7, 11) is -0.270. The Labute approximate surface area is 94.9 Å². The van der Waals surface area contributed by atoms with Crippen molar-refractivity contribution in [3.8, 4) is 0 Å². The first-order valence-electron chi connectivity index (χ1n) is 4.72. The molecule has 90 valence electrons. The Morgan fingerprint density at radius 3 is 2.31 bits per heavy atom. The van der Waals surface area contributed by atoms with Crippen LogP contribution in [0.1, 0.15) is 18.5 Å². The fourth-order valence-electron chi connectivity index (χ4n) is 1.31. The Morgan fingerprint density at radius 1 is 1.38 bits per heavy atom. The van der Waals surface area contributed by atoms with Crippen molar-refractivity contribution in [1.82, 2.24) is 4.90 Å². The fraction of sp³-hybridized carbons (Fsp3) is 0.400. The van der Waals surface area contributed by atoms with Crippen LogP contribution in [-0.2, 0) is 10.0 Å². The van der Waals surface area contributed by atoms with Crippen LogP contribution >= 0.6 is 0 Å². The Balaban J connectivity index is 3.20. The van der Waals surface area contributed by atoms with Crippen LogP contribution in [0.15, 0.2) is 23.1 Å². The summed E-state index contributed by atoms with van der Waals surface area (Å²) in [4.78, 5) is 1.42. The lowest BCUT2D eigenvalue weighted by molar-refractivity contribution is 0.320. The molecule has 0 aliphatic heterocycles. The maximum atomic E-state index is 13.5. The molecule has 1 atom stereocenters. The summed E-state index contributed by atoms with van der Waals surface area (Å²) in [6.45, 7) is 1.89. The molecule has 1 aromatic rings. The molecule has 0 aliphatic rings. The molecule has 0 aliphatic carbocycles. The highest BCUT2D eigenvalue weighted by atomic mass is 32.2. The lowest BCUT2D eigenvalue weighted by atomic mass is 10.1. The zero-order chi connectivity index (χ0) is 12.5. The second-order valence-electron chi connectivity index (χ2n) is 3.87. The van der Waals surface area contributed by atoms with E-state index in [1.54, 1.807) is 6.07 Å². The van der Waals surface area contributed by atoms with Crippen molar-refractivity contribution in [1.29, 1.82) is 0 Å². The topological polar surface area (TPSA) is 63.4 Å². The summed E-state index contributed by atoms with van der Waals surface area (Å²) in [6.07, 6.45) is 0. The third-order valence-electron chi connectivity index (χ3n) is 2.52. The third kappa shape index (κ3) is 2.78. The first kappa shape index (κ1) is 13.1. The molecule has 0 bridgehead atoms. The van der Waals surface area contributed by atoms with Crippen molar-refractivity contribution >= 4 is 10.0 Å². The number of nitrogens with zero attached hydrogens (tertiary/aromatic N) is 1. The van der Waals surface area contributed by atoms with Crippen LogP contribution in [-0.4, -0.2) is 27.4 Å². The van der Waals surface area contributed by atoms with Gasteiger partial charge in [-0.2, -0.15) is 0 Å². The van der Waals surface area contributed by atoms with Gasteiger partial charge in [0.05, 0.1) is 0 Å². The van der Waals surface area contributed by atoms with E-state index in [2.05, 4.69) is 0 Å². The molecular weight excluding hydrogens is 231 g/mol. The van der Waals surface area contributed by atoms with Crippen molar-refractivity contribution < 1.29 is 12.8 Å². The SMILES string of the molecule is CC(c1ccc(S(N)(=O)=O)c(F)c1)N(C)C. The van der Waals surface area contributed by atoms with Gasteiger partial charge in [-0.1, -0.05) is 6.07 Å². The Bertz CT molecular complexity index is 486. The highest BCUT2D eigenvalue weighted by Gasteiger charge is 2.16. The lowest BCUT2D eigenvalue weighted by Gasteiger charge is -2.20. The molecule has 0 amide bonds. The van der Waals surface area contributed by atoms with Gasteiger partial charge in [-0.25, -0.2) is 17.9 Å². The van der Waals surface area contributed by atoms with Gasteiger partial charge in [-0.05, 0) is 38.7 Å². The van der Waals surface area contributed by atoms with Gasteiger partial charge in [0, 0.05) is 6.04 Å². The van der Waals surface area contributed by atoms with Gasteiger partial charge < -0.3 is 4.90 Å². The van der Waals surface area contributed by atoms with Gasteiger partial charge in [0.1, 0.15) is 10.7 Å². The Morgan fingerprint density at radius 2 is 1.94 bits per heavy atom. The number of benzene rings is 1. The summed E-state index contributed by atoms with van der Waals surface area (Å²) >= 11 is 0. The predicted octanol–water partition coefficient (Wildman–Crippen LogP) is 1.10. The molecule has 0 spiro atoms. The zero-order valence-corrected chi connectivity index (χ0v) is 10.3. The van der Waals surface area contributed by atoms with E-state index in [0.717, 1.165) is 0 Å². The fourth-order valence-corrected chi connectivity index (χ4v) is 1.89. The third-order valence-corrected chi connectivity index (χ3v) is 3.46. The summed E-state index contributed by atoms with van der Waals surface area (Å²) in [5.74, 6) is -0.811. The molecule has 1 aromatic carbocycles. The van der Waals surface area contributed by atoms with Gasteiger partial charge >= 0.3 is 0 Å². The van der Waals surface area contributed by atoms with Crippen molar-refractivity contribution in [2.75, 3.05) is 14.1 Å². The summed E-state index contributed by atoms with van der Waals surface area (Å²) in [5, 5.41) is 4.87. The summed E-state index contributed by atoms with van der Waals surface area (Å²) < 4.78 is 35.5. The van der Waals surface area contributed by atoms with E-state index >= 15 is 0 Å². The molecule has 0 fully saturated rings. The molecule has 1 unspecified atom stereocenters. The molecule has 0 aromatic heterocycles. The van der Waals surface area contributed by atoms with Crippen molar-refractivity contribution in [3.05, 3.63) is 29.6 Å². The first-order chi connectivity index (χ1) is 7.23. The summed E-state index contributed by atoms with van der Waals surface area (Å²) in [5.41, 5.74) is 0.704. The van der Waals surface area contributed by atoms with Crippen molar-refractivity contribution in [2.24, 2.45) is 5.14 Å². The van der Waals surface area contributed by atoms with Crippen LogP contribution in [0.2, 0.25) is 0 Å². The van der Waals surface area contributed by atoms with Gasteiger partial charge in [0.15, 0.2) is 0 Å². The van der Waals surface area contributed by atoms with E-state index in [1.165, 1.54) is 12.1 Å². The Kier molecular flexibility index (Phi) is 3.67. The normalized spacial score (nSPS) is 14.1. The van der Waals surface area contributed by atoms with Crippen LogP contribution < -0.4 is 5.14 Å². The second-order valence-corrected chi connectivity index (χ2v) is 5.40. The molecule has 4 nitrogen and oxygen atoms in total. The van der Waals surface area contributed by atoms with Crippen LogP contribution in [0, 0.1) is 5.82 Å². The van der Waals surface area contributed by atoms with Crippen molar-refractivity contribution in [3.63, 3.8) is 0 Å². The van der Waals surface area contributed by atoms with E-state index in [0.29, 0.717) is 5.56 Å². The minimum absolute atomic E-state index is 0.00373. The lowest BCUT2D eigenvalue weighted by Crippen LogP contribution is -2.18. The minimum atomic E-state index is -3.98. The van der Waals surface area contributed by atoms with Gasteiger partial charge in [0.2, 0.25) is 10.0 Å². The monoisotopic (exact) mass is 246 g/mol. The first-order valence-corrected chi connectivity index (χ1v) is 6.27. The minimum Gasteiger partial charge on any atom is -0.303 e. The van der Waals surface area contributed by atoms with E-state index < -0.39 is 20.7 Å². The smallest absolute Gasteiger partial charge is 0.240 e. The number of hydrogen-bond acceptors (Lipinski definition) is 3. The maximum Gasteiger partial charge on any atom is 0.240 e. The molecule has 0 saturated heterocycles. The molecule has 0 heterocycles. The standard InChI is InChI=1S/C10H15FN2O2S/c1-7(13(2)3)8-4-5-10(9(11)6-8)16(12,14)15/h4-7H,1-3H3,(H2,12,14,15). The number of rotatable bonds is 3. The van der Waals surface area contributed by atoms with Gasteiger partial charge in [-0.15, -0.1) is 0 Å². The molecule has 0 saturated carbocycles. The quantitative estimate of drug-likeness (QED) is 0.868. The molecule has 6 heteroatoms. The average Bonchev–Trinajstić information content (AvgIpc) is 2.14. The largest absolute Gasteiger partial charge is 0.303 e. The van der Waals surface area contributed by atoms with Crippen LogP contribution in [0.5, 0.6) is 0 Å². The summed E-state index contributed by atoms with van der Waals surface area (Å²) in [6, 6.07) is 3.96. The van der Waals surface area contributed by atoms with Gasteiger partial charge in [-0.3, -0.25) is 0 Å². The van der Waals surface area contributed by atoms with E-state index in [-0.39, 0.29) is 6.04 Å². The second kappa shape index (κ2) is 4.48. The molecule has 16 heavy (non-hydrogen) atoms. The zero-order valence-electron chi connectivity index (χ0n) is 9.44. The molecule has 2 N–H and O–H groups in total. The van der Waals surface area contributed by atoms with Crippen LogP contribution in [0.25, 0.3) is 0 Å². The molecular formula is C10H15FN2O2S. The highest BCUT2D eigenvalue weighted by Crippen LogP contribution is 2.21. The van der Waals surface area contributed by atoms with Crippen LogP contribution in [0.4, 0.5) is 4.39 Å². The van der Waals surface area contributed by atoms with E-state index in [4.69, 9.17) is 5.14 Å². The number of hydrogen-bond donors (Lipinski definition) is 1. The van der Waals surface area contributed by atoms with Crippen LogP contribution in [0.3, 0.4) is 0 Å². The number of halogens is 1. The number of primary sulfonamides is 1. The maximum absolute atomic E-state index is 13.5. The predicted molar refractivity (Wildman–Crippen MR) is 59.9 cm³/mol. The van der Waals surface area contributed by atoms with E-state index in [9.17, 15) is 12.8 Å². The number of sulfonamides is 1. The average molecular weight is 246 g/mol. The van der Waals surface area contributed by atoms with E-state index in [1.807, 2.05) is 25.9 Å². The van der Waals surface area contributed by atoms with Gasteiger partial charge in [0.25, 0.3) is 0 Å². The highest BCUT2D eigenvalue weighted by molar-refractivity contribution is 7.89.